The maximum Gasteiger partial charge on any atom is 0.494 e. The van der Waals surface area contributed by atoms with E-state index in [0.29, 0.717) is 0 Å². The summed E-state index contributed by atoms with van der Waals surface area (Å²) < 4.78 is 24.3. The molecule has 2 saturated heterocycles. The Balaban J connectivity index is 0.000000278. The zero-order valence-corrected chi connectivity index (χ0v) is 16.8. The van der Waals surface area contributed by atoms with Gasteiger partial charge in [-0.25, -0.2) is 0 Å². The number of nitrogens with zero attached hydrogens (tertiary/aromatic N) is 1. The van der Waals surface area contributed by atoms with Crippen LogP contribution in [0.15, 0.2) is 24.4 Å². The average molecular weight is 359 g/mol. The summed E-state index contributed by atoms with van der Waals surface area (Å²) in [4.78, 5) is 0. The normalized spacial score (nSPS) is 21.5. The van der Waals surface area contributed by atoms with Crippen LogP contribution in [-0.2, 0) is 25.8 Å². The quantitative estimate of drug-likeness (QED) is 0.735. The van der Waals surface area contributed by atoms with Gasteiger partial charge in [0.15, 0.2) is 0 Å². The number of hydrogen-bond donors (Lipinski definition) is 0. The van der Waals surface area contributed by atoms with Crippen LogP contribution in [0, 0.1) is 6.92 Å². The van der Waals surface area contributed by atoms with Crippen LogP contribution in [-0.4, -0.2) is 49.3 Å². The van der Waals surface area contributed by atoms with Crippen LogP contribution in [0.5, 0.6) is 0 Å². The molecule has 0 amide bonds. The van der Waals surface area contributed by atoms with Gasteiger partial charge >= 0.3 is 7.12 Å². The Hall–Kier alpha value is -1.34. The number of rotatable bonds is 1. The van der Waals surface area contributed by atoms with Gasteiger partial charge in [-0.2, -0.15) is 0 Å². The Labute approximate surface area is 156 Å². The van der Waals surface area contributed by atoms with E-state index in [1.165, 1.54) is 16.5 Å². The molecule has 2 aliphatic heterocycles. The SMILES string of the molecule is C1COCCO1.Cc1cn(C)c2ccc(B3OC(C)(C)C(C)(C)O3)cc12. The molecule has 0 unspecified atom stereocenters. The third kappa shape index (κ3) is 3.84. The number of benzene rings is 1. The van der Waals surface area contributed by atoms with Crippen molar-refractivity contribution in [2.45, 2.75) is 45.8 Å². The zero-order valence-electron chi connectivity index (χ0n) is 16.8. The fraction of sp³-hybridized carbons (Fsp3) is 0.600. The monoisotopic (exact) mass is 359 g/mol. The summed E-state index contributed by atoms with van der Waals surface area (Å²) in [6, 6.07) is 6.43. The minimum atomic E-state index is -0.293. The predicted octanol–water partition coefficient (Wildman–Crippen LogP) is 2.82. The molecular formula is C20H30BNO4. The van der Waals surface area contributed by atoms with Crippen molar-refractivity contribution < 1.29 is 18.8 Å². The van der Waals surface area contributed by atoms with Gasteiger partial charge < -0.3 is 23.3 Å². The van der Waals surface area contributed by atoms with Gasteiger partial charge in [-0.15, -0.1) is 0 Å². The smallest absolute Gasteiger partial charge is 0.399 e. The van der Waals surface area contributed by atoms with Crippen LogP contribution in [0.3, 0.4) is 0 Å². The highest BCUT2D eigenvalue weighted by Crippen LogP contribution is 2.36. The average Bonchev–Trinajstić information content (AvgIpc) is 3.01. The van der Waals surface area contributed by atoms with E-state index in [9.17, 15) is 0 Å². The van der Waals surface area contributed by atoms with E-state index >= 15 is 0 Å². The first kappa shape index (κ1) is 19.4. The lowest BCUT2D eigenvalue weighted by Crippen LogP contribution is -2.41. The number of aryl methyl sites for hydroxylation is 2. The molecule has 2 fully saturated rings. The molecule has 0 aliphatic carbocycles. The minimum Gasteiger partial charge on any atom is -0.399 e. The van der Waals surface area contributed by atoms with Crippen molar-refractivity contribution in [2.24, 2.45) is 7.05 Å². The van der Waals surface area contributed by atoms with E-state index in [-0.39, 0.29) is 18.3 Å². The lowest BCUT2D eigenvalue weighted by molar-refractivity contribution is -0.0334. The number of ether oxygens (including phenoxy) is 2. The van der Waals surface area contributed by atoms with Crippen LogP contribution in [0.1, 0.15) is 33.3 Å². The fourth-order valence-electron chi connectivity index (χ4n) is 3.17. The second-order valence-electron chi connectivity index (χ2n) is 8.01. The summed E-state index contributed by atoms with van der Waals surface area (Å²) in [5.41, 5.74) is 3.02. The van der Waals surface area contributed by atoms with Gasteiger partial charge in [0, 0.05) is 24.1 Å². The fourth-order valence-corrected chi connectivity index (χ4v) is 3.17. The van der Waals surface area contributed by atoms with Gasteiger partial charge in [0.25, 0.3) is 0 Å². The van der Waals surface area contributed by atoms with Gasteiger partial charge in [0.2, 0.25) is 0 Å². The Morgan fingerprint density at radius 3 is 1.96 bits per heavy atom. The van der Waals surface area contributed by atoms with Crippen molar-refractivity contribution in [2.75, 3.05) is 26.4 Å². The molecule has 142 valence electrons. The van der Waals surface area contributed by atoms with Crippen molar-refractivity contribution in [1.82, 2.24) is 4.57 Å². The number of fused-ring (bicyclic) bond motifs is 1. The first-order valence-corrected chi connectivity index (χ1v) is 9.28. The maximum atomic E-state index is 6.12. The third-order valence-corrected chi connectivity index (χ3v) is 5.48. The molecule has 2 aliphatic rings. The van der Waals surface area contributed by atoms with Crippen LogP contribution >= 0.6 is 0 Å². The van der Waals surface area contributed by atoms with E-state index in [1.54, 1.807) is 0 Å². The van der Waals surface area contributed by atoms with Crippen LogP contribution in [0.4, 0.5) is 0 Å². The first-order valence-electron chi connectivity index (χ1n) is 9.28. The summed E-state index contributed by atoms with van der Waals surface area (Å²) in [7, 11) is 1.79. The molecule has 0 bridgehead atoms. The molecule has 26 heavy (non-hydrogen) atoms. The van der Waals surface area contributed by atoms with Gasteiger partial charge in [-0.1, -0.05) is 12.1 Å². The van der Waals surface area contributed by atoms with Gasteiger partial charge in [-0.3, -0.25) is 0 Å². The highest BCUT2D eigenvalue weighted by atomic mass is 16.7. The van der Waals surface area contributed by atoms with Crippen LogP contribution < -0.4 is 5.46 Å². The molecule has 0 N–H and O–H groups in total. The lowest BCUT2D eigenvalue weighted by atomic mass is 9.78. The summed E-state index contributed by atoms with van der Waals surface area (Å²) in [6.45, 7) is 13.6. The molecule has 0 radical (unpaired) electrons. The van der Waals surface area contributed by atoms with Crippen LogP contribution in [0.2, 0.25) is 0 Å². The third-order valence-electron chi connectivity index (χ3n) is 5.48. The summed E-state index contributed by atoms with van der Waals surface area (Å²) in [6.07, 6.45) is 2.15. The molecule has 3 heterocycles. The van der Waals surface area contributed by atoms with Crippen molar-refractivity contribution >= 4 is 23.5 Å². The van der Waals surface area contributed by atoms with E-state index in [0.717, 1.165) is 31.9 Å². The van der Waals surface area contributed by atoms with Gasteiger partial charge in [0.1, 0.15) is 0 Å². The molecular weight excluding hydrogens is 329 g/mol. The molecule has 5 nitrogen and oxygen atoms in total. The molecule has 1 aromatic carbocycles. The van der Waals surface area contributed by atoms with Crippen molar-refractivity contribution in [3.63, 3.8) is 0 Å². The zero-order chi connectivity index (χ0) is 18.9. The van der Waals surface area contributed by atoms with Gasteiger partial charge in [0.05, 0.1) is 37.6 Å². The van der Waals surface area contributed by atoms with E-state index in [2.05, 4.69) is 70.6 Å². The highest BCUT2D eigenvalue weighted by Gasteiger charge is 2.51. The van der Waals surface area contributed by atoms with Crippen molar-refractivity contribution in [3.8, 4) is 0 Å². The Morgan fingerprint density at radius 2 is 1.46 bits per heavy atom. The van der Waals surface area contributed by atoms with E-state index in [1.807, 2.05) is 0 Å². The summed E-state index contributed by atoms with van der Waals surface area (Å²) >= 11 is 0. The van der Waals surface area contributed by atoms with Crippen molar-refractivity contribution in [1.29, 1.82) is 0 Å². The molecule has 6 heteroatoms. The lowest BCUT2D eigenvalue weighted by Gasteiger charge is -2.32. The summed E-state index contributed by atoms with van der Waals surface area (Å²) in [5, 5.41) is 1.26. The second-order valence-corrected chi connectivity index (χ2v) is 8.01. The molecule has 0 spiro atoms. The Morgan fingerprint density at radius 1 is 0.923 bits per heavy atom. The molecule has 1 aromatic heterocycles. The van der Waals surface area contributed by atoms with E-state index in [4.69, 9.17) is 18.8 Å². The molecule has 0 atom stereocenters. The Kier molecular flexibility index (Phi) is 5.49. The largest absolute Gasteiger partial charge is 0.494 e. The van der Waals surface area contributed by atoms with Crippen molar-refractivity contribution in [3.05, 3.63) is 30.0 Å². The van der Waals surface area contributed by atoms with Gasteiger partial charge in [-0.05, 0) is 51.7 Å². The highest BCUT2D eigenvalue weighted by molar-refractivity contribution is 6.62. The molecule has 2 aromatic rings. The molecule has 0 saturated carbocycles. The van der Waals surface area contributed by atoms with Crippen LogP contribution in [0.25, 0.3) is 10.9 Å². The second kappa shape index (κ2) is 7.35. The minimum absolute atomic E-state index is 0.288. The Bertz CT molecular complexity index is 737. The maximum absolute atomic E-state index is 6.12. The topological polar surface area (TPSA) is 41.9 Å². The number of aromatic nitrogens is 1. The number of hydrogen-bond acceptors (Lipinski definition) is 4. The molecule has 4 rings (SSSR count). The predicted molar refractivity (Wildman–Crippen MR) is 105 cm³/mol. The van der Waals surface area contributed by atoms with E-state index < -0.39 is 0 Å². The standard InChI is InChI=1S/C16H22BNO2.C4H8O2/c1-11-10-18(6)14-8-7-12(9-13(11)14)17-19-15(2,3)16(4,5)20-17;1-2-6-4-3-5-1/h7-10H,1-6H3;1-4H2. The first-order chi connectivity index (χ1) is 12.2. The summed E-state index contributed by atoms with van der Waals surface area (Å²) in [5.74, 6) is 0.